The van der Waals surface area contributed by atoms with Gasteiger partial charge in [0.1, 0.15) is 0 Å². The Morgan fingerprint density at radius 2 is 0.900 bits per heavy atom. The van der Waals surface area contributed by atoms with Gasteiger partial charge in [0, 0.05) is 0 Å². The molecule has 6 nitrogen and oxygen atoms in total. The fourth-order valence-electron chi connectivity index (χ4n) is 1.34. The van der Waals surface area contributed by atoms with Crippen molar-refractivity contribution in [3.8, 4) is 0 Å². The first-order chi connectivity index (χ1) is 9.76. The van der Waals surface area contributed by atoms with Crippen LogP contribution >= 0.6 is 0 Å². The first kappa shape index (κ1) is 22.0. The van der Waals surface area contributed by atoms with Crippen molar-refractivity contribution in [1.82, 2.24) is 4.90 Å². The minimum atomic E-state index is 0.0413. The van der Waals surface area contributed by atoms with Crippen molar-refractivity contribution in [2.24, 2.45) is 0 Å². The van der Waals surface area contributed by atoms with E-state index >= 15 is 0 Å². The molecule has 0 aromatic carbocycles. The molecule has 0 spiro atoms. The first-order valence-electron chi connectivity index (χ1n) is 7.43. The van der Waals surface area contributed by atoms with E-state index in [1.807, 2.05) is 0 Å². The highest BCUT2D eigenvalue weighted by atomic mass is 16.5. The van der Waals surface area contributed by atoms with Crippen molar-refractivity contribution >= 4 is 0 Å². The number of hydrogen-bond donors (Lipinski definition) is 2. The molecule has 0 rings (SSSR count). The van der Waals surface area contributed by atoms with Gasteiger partial charge >= 0.3 is 0 Å². The lowest BCUT2D eigenvalue weighted by Gasteiger charge is -2.13. The Kier molecular flexibility index (Phi) is 23.2. The van der Waals surface area contributed by atoms with Gasteiger partial charge in [-0.25, -0.2) is 0 Å². The second kappa shape index (κ2) is 21.1. The van der Waals surface area contributed by atoms with Crippen molar-refractivity contribution < 1.29 is 24.4 Å². The Morgan fingerprint density at radius 3 is 1.10 bits per heavy atom. The second-order valence-electron chi connectivity index (χ2n) is 3.90. The number of ether oxygens (including phenoxy) is 3. The molecule has 0 saturated heterocycles. The summed E-state index contributed by atoms with van der Waals surface area (Å²) >= 11 is 0. The monoisotopic (exact) mass is 295 g/mol. The van der Waals surface area contributed by atoms with Crippen LogP contribution in [0.1, 0.15) is 20.8 Å². The Morgan fingerprint density at radius 1 is 0.600 bits per heavy atom. The molecule has 0 heterocycles. The summed E-state index contributed by atoms with van der Waals surface area (Å²) in [5.41, 5.74) is 0. The molecule has 0 aliphatic carbocycles. The summed E-state index contributed by atoms with van der Waals surface area (Å²) in [6.45, 7) is 12.9. The van der Waals surface area contributed by atoms with Crippen LogP contribution in [0.2, 0.25) is 0 Å². The third-order valence-corrected chi connectivity index (χ3v) is 2.56. The molecule has 0 aliphatic heterocycles. The van der Waals surface area contributed by atoms with Crippen LogP contribution in [0, 0.1) is 0 Å². The summed E-state index contributed by atoms with van der Waals surface area (Å²) in [6.07, 6.45) is 0. The second-order valence-corrected chi connectivity index (χ2v) is 3.90. The smallest absolute Gasteiger partial charge is 0.0701 e. The van der Waals surface area contributed by atoms with E-state index in [0.29, 0.717) is 39.6 Å². The zero-order chi connectivity index (χ0) is 15.5. The van der Waals surface area contributed by atoms with E-state index in [-0.39, 0.29) is 13.2 Å². The minimum absolute atomic E-state index is 0.0413. The molecule has 0 aliphatic rings. The molecule has 0 fully saturated rings. The topological polar surface area (TPSA) is 71.4 Å². The average Bonchev–Trinajstić information content (AvgIpc) is 2.48. The van der Waals surface area contributed by atoms with E-state index in [1.165, 1.54) is 19.6 Å². The highest BCUT2D eigenvalue weighted by molar-refractivity contribution is 4.43. The molecule has 0 saturated carbocycles. The highest BCUT2D eigenvalue weighted by Gasteiger charge is 1.90. The summed E-state index contributed by atoms with van der Waals surface area (Å²) in [7, 11) is 0. The molecule has 0 aromatic rings. The predicted molar refractivity (Wildman–Crippen MR) is 80.1 cm³/mol. The van der Waals surface area contributed by atoms with Crippen LogP contribution in [-0.4, -0.2) is 87.6 Å². The number of aliphatic hydroxyl groups is 2. The van der Waals surface area contributed by atoms with Crippen molar-refractivity contribution in [3.63, 3.8) is 0 Å². The van der Waals surface area contributed by atoms with E-state index in [9.17, 15) is 0 Å². The largest absolute Gasteiger partial charge is 0.394 e. The maximum atomic E-state index is 8.36. The number of hydrogen-bond acceptors (Lipinski definition) is 6. The Bertz CT molecular complexity index is 141. The van der Waals surface area contributed by atoms with E-state index in [2.05, 4.69) is 25.7 Å². The van der Waals surface area contributed by atoms with E-state index in [0.717, 1.165) is 0 Å². The Labute approximate surface area is 123 Å². The lowest BCUT2D eigenvalue weighted by Crippen LogP contribution is -2.21. The Balaban J connectivity index is 0. The summed E-state index contributed by atoms with van der Waals surface area (Å²) in [6, 6.07) is 0. The lowest BCUT2D eigenvalue weighted by atomic mass is 10.5. The summed E-state index contributed by atoms with van der Waals surface area (Å²) < 4.78 is 15.0. The van der Waals surface area contributed by atoms with E-state index < -0.39 is 0 Å². The number of rotatable bonds is 13. The average molecular weight is 295 g/mol. The van der Waals surface area contributed by atoms with E-state index in [1.54, 1.807) is 0 Å². The zero-order valence-electron chi connectivity index (χ0n) is 13.3. The quantitative estimate of drug-likeness (QED) is 0.478. The summed E-state index contributed by atoms with van der Waals surface area (Å²) in [5, 5.41) is 16.7. The zero-order valence-corrected chi connectivity index (χ0v) is 13.3. The standard InChI is InChI=1S/C8H18O5.C6H15N/c9-1-3-11-5-7-13-8-6-12-4-2-10;1-4-7(5-2)6-3/h9-10H,1-8H2;4-6H2,1-3H3. The van der Waals surface area contributed by atoms with Gasteiger partial charge in [-0.15, -0.1) is 0 Å². The van der Waals surface area contributed by atoms with Gasteiger partial charge in [-0.1, -0.05) is 20.8 Å². The molecule has 0 unspecified atom stereocenters. The molecule has 0 amide bonds. The van der Waals surface area contributed by atoms with Crippen molar-refractivity contribution in [2.75, 3.05) is 72.5 Å². The van der Waals surface area contributed by atoms with Gasteiger partial charge in [0.15, 0.2) is 0 Å². The molecule has 0 atom stereocenters. The van der Waals surface area contributed by atoms with E-state index in [4.69, 9.17) is 24.4 Å². The van der Waals surface area contributed by atoms with Crippen LogP contribution in [-0.2, 0) is 14.2 Å². The molecule has 0 radical (unpaired) electrons. The normalized spacial score (nSPS) is 10.5. The van der Waals surface area contributed by atoms with Crippen LogP contribution in [0.5, 0.6) is 0 Å². The molecule has 0 bridgehead atoms. The summed E-state index contributed by atoms with van der Waals surface area (Å²) in [5.74, 6) is 0. The van der Waals surface area contributed by atoms with Gasteiger partial charge < -0.3 is 29.3 Å². The molecule has 2 N–H and O–H groups in total. The van der Waals surface area contributed by atoms with Crippen LogP contribution < -0.4 is 0 Å². The fraction of sp³-hybridized carbons (Fsp3) is 1.00. The third kappa shape index (κ3) is 20.1. The van der Waals surface area contributed by atoms with Crippen LogP contribution in [0.4, 0.5) is 0 Å². The number of nitrogens with zero attached hydrogens (tertiary/aromatic N) is 1. The van der Waals surface area contributed by atoms with Crippen molar-refractivity contribution in [2.45, 2.75) is 20.8 Å². The molecular formula is C14H33NO5. The van der Waals surface area contributed by atoms with Crippen LogP contribution in [0.25, 0.3) is 0 Å². The van der Waals surface area contributed by atoms with Gasteiger partial charge in [-0.3, -0.25) is 0 Å². The molecule has 0 aromatic heterocycles. The lowest BCUT2D eigenvalue weighted by molar-refractivity contribution is 0.00230. The summed E-state index contributed by atoms with van der Waals surface area (Å²) in [4.78, 5) is 2.38. The maximum absolute atomic E-state index is 8.36. The SMILES string of the molecule is CCN(CC)CC.OCCOCCOCCOCCO. The maximum Gasteiger partial charge on any atom is 0.0701 e. The fourth-order valence-corrected chi connectivity index (χ4v) is 1.34. The predicted octanol–water partition coefficient (Wildman–Crippen LogP) is 0.369. The first-order valence-corrected chi connectivity index (χ1v) is 7.43. The molecule has 20 heavy (non-hydrogen) atoms. The van der Waals surface area contributed by atoms with Crippen LogP contribution in [0.3, 0.4) is 0 Å². The minimum Gasteiger partial charge on any atom is -0.394 e. The van der Waals surface area contributed by atoms with Gasteiger partial charge in [-0.05, 0) is 19.6 Å². The number of aliphatic hydroxyl groups excluding tert-OH is 2. The molecular weight excluding hydrogens is 262 g/mol. The van der Waals surface area contributed by atoms with Gasteiger partial charge in [0.2, 0.25) is 0 Å². The van der Waals surface area contributed by atoms with Crippen molar-refractivity contribution in [1.29, 1.82) is 0 Å². The highest BCUT2D eigenvalue weighted by Crippen LogP contribution is 1.82. The van der Waals surface area contributed by atoms with Crippen molar-refractivity contribution in [3.05, 3.63) is 0 Å². The Hall–Kier alpha value is -0.240. The molecule has 6 heteroatoms. The third-order valence-electron chi connectivity index (χ3n) is 2.56. The van der Waals surface area contributed by atoms with Crippen LogP contribution in [0.15, 0.2) is 0 Å². The van der Waals surface area contributed by atoms with Gasteiger partial charge in [-0.2, -0.15) is 0 Å². The van der Waals surface area contributed by atoms with Gasteiger partial charge in [0.25, 0.3) is 0 Å². The van der Waals surface area contributed by atoms with Gasteiger partial charge in [0.05, 0.1) is 52.9 Å². The molecule has 124 valence electrons.